The highest BCUT2D eigenvalue weighted by Crippen LogP contribution is 2.28. The van der Waals surface area contributed by atoms with Crippen LogP contribution in [0.15, 0.2) is 18.2 Å². The van der Waals surface area contributed by atoms with Gasteiger partial charge in [-0.1, -0.05) is 23.5 Å². The highest BCUT2D eigenvalue weighted by atomic mass is 32.1. The van der Waals surface area contributed by atoms with Gasteiger partial charge in [0.15, 0.2) is 5.13 Å². The molecule has 0 spiro atoms. The van der Waals surface area contributed by atoms with E-state index in [9.17, 15) is 0 Å². The van der Waals surface area contributed by atoms with Crippen LogP contribution in [0.2, 0.25) is 0 Å². The quantitative estimate of drug-likeness (QED) is 0.800. The minimum Gasteiger partial charge on any atom is -0.357 e. The molecule has 0 aliphatic carbocycles. The summed E-state index contributed by atoms with van der Waals surface area (Å²) in [7, 11) is 1.98. The predicted octanol–water partition coefficient (Wildman–Crippen LogP) is 3.57. The normalized spacial score (nSPS) is 11.2. The molecule has 4 nitrogen and oxygen atoms in total. The number of benzene rings is 1. The lowest BCUT2D eigenvalue weighted by molar-refractivity contribution is 0.730. The number of nitrogens with zero attached hydrogens (tertiary/aromatic N) is 3. The number of rotatable bonds is 3. The summed E-state index contributed by atoms with van der Waals surface area (Å²) in [5, 5.41) is 8.84. The van der Waals surface area contributed by atoms with Gasteiger partial charge < -0.3 is 5.32 Å². The summed E-state index contributed by atoms with van der Waals surface area (Å²) < 4.78 is 3.15. The van der Waals surface area contributed by atoms with Crippen LogP contribution in [0.1, 0.15) is 22.5 Å². The van der Waals surface area contributed by atoms with Crippen LogP contribution in [0, 0.1) is 20.8 Å². The maximum atomic E-state index is 4.67. The third kappa shape index (κ3) is 2.18. The van der Waals surface area contributed by atoms with E-state index >= 15 is 0 Å². The third-order valence-corrected chi connectivity index (χ3v) is 4.67. The Morgan fingerprint density at radius 1 is 1.25 bits per heavy atom. The fraction of sp³-hybridized carbons (Fsp3) is 0.333. The van der Waals surface area contributed by atoms with Crippen LogP contribution in [-0.2, 0) is 13.6 Å². The zero-order chi connectivity index (χ0) is 14.3. The molecule has 1 aromatic carbocycles. The average Bonchev–Trinajstić information content (AvgIpc) is 2.92. The average molecular weight is 286 g/mol. The molecule has 104 valence electrons. The summed E-state index contributed by atoms with van der Waals surface area (Å²) in [5.74, 6) is 0. The van der Waals surface area contributed by atoms with Gasteiger partial charge in [0.2, 0.25) is 0 Å². The summed E-state index contributed by atoms with van der Waals surface area (Å²) in [6.07, 6.45) is 0. The van der Waals surface area contributed by atoms with Crippen molar-refractivity contribution in [3.63, 3.8) is 0 Å². The van der Waals surface area contributed by atoms with Crippen LogP contribution in [0.25, 0.3) is 10.2 Å². The number of hydrogen-bond acceptors (Lipinski definition) is 4. The highest BCUT2D eigenvalue weighted by Gasteiger charge is 2.10. The zero-order valence-electron chi connectivity index (χ0n) is 12.2. The van der Waals surface area contributed by atoms with Gasteiger partial charge >= 0.3 is 0 Å². The zero-order valence-corrected chi connectivity index (χ0v) is 13.0. The van der Waals surface area contributed by atoms with E-state index in [1.54, 1.807) is 11.3 Å². The third-order valence-electron chi connectivity index (χ3n) is 3.70. The molecule has 0 aliphatic heterocycles. The van der Waals surface area contributed by atoms with Crippen LogP contribution < -0.4 is 5.32 Å². The van der Waals surface area contributed by atoms with E-state index < -0.39 is 0 Å². The molecule has 3 aromatic rings. The van der Waals surface area contributed by atoms with Gasteiger partial charge in [-0.25, -0.2) is 4.98 Å². The standard InChI is InChI=1S/C15H18N4S/c1-9-6-5-7-13-14(9)17-15(20-13)16-8-12-10(2)18-19(4)11(12)3/h5-7H,8H2,1-4H3,(H,16,17). The molecule has 20 heavy (non-hydrogen) atoms. The van der Waals surface area contributed by atoms with Crippen molar-refractivity contribution in [2.45, 2.75) is 27.3 Å². The van der Waals surface area contributed by atoms with E-state index in [-0.39, 0.29) is 0 Å². The molecule has 5 heteroatoms. The molecule has 0 fully saturated rings. The fourth-order valence-corrected chi connectivity index (χ4v) is 3.34. The van der Waals surface area contributed by atoms with Crippen LogP contribution >= 0.6 is 11.3 Å². The first-order valence-corrected chi connectivity index (χ1v) is 7.47. The number of nitrogens with one attached hydrogen (secondary N) is 1. The number of anilines is 1. The van der Waals surface area contributed by atoms with Crippen molar-refractivity contribution >= 4 is 26.7 Å². The Morgan fingerprint density at radius 3 is 2.70 bits per heavy atom. The number of aromatic nitrogens is 3. The molecule has 0 radical (unpaired) electrons. The molecule has 0 bridgehead atoms. The van der Waals surface area contributed by atoms with E-state index in [2.05, 4.69) is 47.4 Å². The lowest BCUT2D eigenvalue weighted by atomic mass is 10.2. The summed E-state index contributed by atoms with van der Waals surface area (Å²) >= 11 is 1.70. The molecular formula is C15H18N4S. The first-order chi connectivity index (χ1) is 9.56. The molecule has 1 N–H and O–H groups in total. The Morgan fingerprint density at radius 2 is 2.05 bits per heavy atom. The number of fused-ring (bicyclic) bond motifs is 1. The predicted molar refractivity (Wildman–Crippen MR) is 84.4 cm³/mol. The Bertz CT molecular complexity index is 770. The van der Waals surface area contributed by atoms with E-state index in [0.717, 1.165) is 22.9 Å². The van der Waals surface area contributed by atoms with Crippen molar-refractivity contribution in [2.24, 2.45) is 7.05 Å². The van der Waals surface area contributed by atoms with Crippen molar-refractivity contribution in [3.05, 3.63) is 40.7 Å². The van der Waals surface area contributed by atoms with Crippen molar-refractivity contribution in [3.8, 4) is 0 Å². The molecule has 0 saturated carbocycles. The van der Waals surface area contributed by atoms with E-state index in [1.807, 2.05) is 18.7 Å². The van der Waals surface area contributed by atoms with E-state index in [4.69, 9.17) is 0 Å². The van der Waals surface area contributed by atoms with Crippen molar-refractivity contribution < 1.29 is 0 Å². The lowest BCUT2D eigenvalue weighted by Crippen LogP contribution is -2.01. The minimum absolute atomic E-state index is 0.768. The Balaban J connectivity index is 1.85. The van der Waals surface area contributed by atoms with Crippen molar-refractivity contribution in [1.82, 2.24) is 14.8 Å². The Kier molecular flexibility index (Phi) is 3.22. The summed E-state index contributed by atoms with van der Waals surface area (Å²) in [4.78, 5) is 4.67. The monoisotopic (exact) mass is 286 g/mol. The van der Waals surface area contributed by atoms with Gasteiger partial charge in [0.05, 0.1) is 15.9 Å². The largest absolute Gasteiger partial charge is 0.357 e. The molecule has 2 aromatic heterocycles. The topological polar surface area (TPSA) is 42.7 Å². The molecule has 3 rings (SSSR count). The molecular weight excluding hydrogens is 268 g/mol. The van der Waals surface area contributed by atoms with Crippen LogP contribution in [0.4, 0.5) is 5.13 Å². The highest BCUT2D eigenvalue weighted by molar-refractivity contribution is 7.22. The number of aryl methyl sites for hydroxylation is 3. The number of thiazole rings is 1. The molecule has 0 saturated heterocycles. The van der Waals surface area contributed by atoms with Gasteiger partial charge in [-0.3, -0.25) is 4.68 Å². The van der Waals surface area contributed by atoms with Crippen LogP contribution in [0.5, 0.6) is 0 Å². The van der Waals surface area contributed by atoms with Gasteiger partial charge in [-0.2, -0.15) is 5.10 Å². The summed E-state index contributed by atoms with van der Waals surface area (Å²) in [5.41, 5.74) is 5.85. The van der Waals surface area contributed by atoms with Crippen LogP contribution in [0.3, 0.4) is 0 Å². The van der Waals surface area contributed by atoms with Gasteiger partial charge in [0.25, 0.3) is 0 Å². The summed E-state index contributed by atoms with van der Waals surface area (Å²) in [6, 6.07) is 6.29. The fourth-order valence-electron chi connectivity index (χ4n) is 2.40. The lowest BCUT2D eigenvalue weighted by Gasteiger charge is -2.03. The molecule has 2 heterocycles. The maximum Gasteiger partial charge on any atom is 0.184 e. The number of para-hydroxylation sites is 1. The van der Waals surface area contributed by atoms with Gasteiger partial charge in [0, 0.05) is 24.8 Å². The SMILES string of the molecule is Cc1nn(C)c(C)c1CNc1nc2c(C)cccc2s1. The van der Waals surface area contributed by atoms with Gasteiger partial charge in [-0.05, 0) is 32.4 Å². The Hall–Kier alpha value is -1.88. The molecule has 0 unspecified atom stereocenters. The number of hydrogen-bond donors (Lipinski definition) is 1. The Labute approximate surface area is 122 Å². The van der Waals surface area contributed by atoms with Crippen molar-refractivity contribution in [2.75, 3.05) is 5.32 Å². The van der Waals surface area contributed by atoms with E-state index in [0.29, 0.717) is 0 Å². The first-order valence-electron chi connectivity index (χ1n) is 6.65. The molecule has 0 amide bonds. The molecule has 0 aliphatic rings. The second-order valence-corrected chi connectivity index (χ2v) is 6.10. The van der Waals surface area contributed by atoms with Gasteiger partial charge in [0.1, 0.15) is 0 Å². The maximum absolute atomic E-state index is 4.67. The smallest absolute Gasteiger partial charge is 0.184 e. The van der Waals surface area contributed by atoms with E-state index in [1.165, 1.54) is 21.5 Å². The second-order valence-electron chi connectivity index (χ2n) is 5.07. The minimum atomic E-state index is 0.768. The first kappa shape index (κ1) is 13.1. The van der Waals surface area contributed by atoms with Crippen molar-refractivity contribution in [1.29, 1.82) is 0 Å². The van der Waals surface area contributed by atoms with Gasteiger partial charge in [-0.15, -0.1) is 0 Å². The summed E-state index contributed by atoms with van der Waals surface area (Å²) in [6.45, 7) is 7.01. The molecule has 0 atom stereocenters. The van der Waals surface area contributed by atoms with Crippen LogP contribution in [-0.4, -0.2) is 14.8 Å². The second kappa shape index (κ2) is 4.90.